The van der Waals surface area contributed by atoms with Crippen LogP contribution in [0.5, 0.6) is 0 Å². The quantitative estimate of drug-likeness (QED) is 0.847. The third-order valence-corrected chi connectivity index (χ3v) is 3.02. The first-order valence-electron chi connectivity index (χ1n) is 7.02. The summed E-state index contributed by atoms with van der Waals surface area (Å²) in [5, 5.41) is 8.74. The molecule has 0 radical (unpaired) electrons. The van der Waals surface area contributed by atoms with Gasteiger partial charge in [0.1, 0.15) is 5.82 Å². The Balaban J connectivity index is 2.11. The third kappa shape index (κ3) is 3.97. The van der Waals surface area contributed by atoms with Crippen LogP contribution < -0.4 is 0 Å². The van der Waals surface area contributed by atoms with E-state index in [0.717, 1.165) is 30.8 Å². The Morgan fingerprint density at radius 3 is 3.05 bits per heavy atom. The van der Waals surface area contributed by atoms with E-state index < -0.39 is 0 Å². The van der Waals surface area contributed by atoms with Crippen molar-refractivity contribution in [3.05, 3.63) is 53.6 Å². The van der Waals surface area contributed by atoms with Crippen molar-refractivity contribution in [1.29, 1.82) is 0 Å². The Kier molecular flexibility index (Phi) is 5.40. The largest absolute Gasteiger partial charge is 0.395 e. The van der Waals surface area contributed by atoms with E-state index in [0.29, 0.717) is 6.42 Å². The van der Waals surface area contributed by atoms with Crippen LogP contribution in [0.4, 0.5) is 0 Å². The van der Waals surface area contributed by atoms with E-state index in [9.17, 15) is 0 Å². The number of aliphatic hydroxyl groups is 1. The SMILES string of the molecule is CCCc1nccn1Cc1cccc(C#CCCO)c1. The van der Waals surface area contributed by atoms with Crippen molar-refractivity contribution < 1.29 is 5.11 Å². The Morgan fingerprint density at radius 1 is 1.35 bits per heavy atom. The van der Waals surface area contributed by atoms with Crippen molar-refractivity contribution in [2.24, 2.45) is 0 Å². The second-order valence-electron chi connectivity index (χ2n) is 4.70. The molecular weight excluding hydrogens is 248 g/mol. The zero-order chi connectivity index (χ0) is 14.2. The summed E-state index contributed by atoms with van der Waals surface area (Å²) < 4.78 is 2.18. The molecule has 0 aliphatic heterocycles. The Labute approximate surface area is 120 Å². The summed E-state index contributed by atoms with van der Waals surface area (Å²) in [5.41, 5.74) is 2.21. The zero-order valence-electron chi connectivity index (χ0n) is 11.8. The van der Waals surface area contributed by atoms with Gasteiger partial charge in [0, 0.05) is 37.3 Å². The predicted molar refractivity (Wildman–Crippen MR) is 80.3 cm³/mol. The number of aryl methyl sites for hydroxylation is 1. The van der Waals surface area contributed by atoms with Crippen molar-refractivity contribution in [2.75, 3.05) is 6.61 Å². The first-order chi connectivity index (χ1) is 9.83. The molecule has 0 saturated carbocycles. The first kappa shape index (κ1) is 14.4. The standard InChI is InChI=1S/C17H20N2O/c1-2-6-17-18-10-11-19(17)14-16-9-5-8-15(13-16)7-3-4-12-20/h5,8-11,13,20H,2,4,6,12,14H2,1H3. The fourth-order valence-corrected chi connectivity index (χ4v) is 2.10. The lowest BCUT2D eigenvalue weighted by atomic mass is 10.1. The number of hydrogen-bond acceptors (Lipinski definition) is 2. The Morgan fingerprint density at radius 2 is 2.25 bits per heavy atom. The molecule has 20 heavy (non-hydrogen) atoms. The van der Waals surface area contributed by atoms with E-state index in [4.69, 9.17) is 5.11 Å². The smallest absolute Gasteiger partial charge is 0.108 e. The van der Waals surface area contributed by atoms with Crippen LogP contribution in [0.15, 0.2) is 36.7 Å². The van der Waals surface area contributed by atoms with Gasteiger partial charge in [0.05, 0.1) is 6.61 Å². The normalized spacial score (nSPS) is 10.1. The van der Waals surface area contributed by atoms with Gasteiger partial charge >= 0.3 is 0 Å². The minimum atomic E-state index is 0.113. The minimum absolute atomic E-state index is 0.113. The molecule has 0 fully saturated rings. The van der Waals surface area contributed by atoms with Crippen molar-refractivity contribution in [3.8, 4) is 11.8 Å². The van der Waals surface area contributed by atoms with E-state index in [1.807, 2.05) is 24.5 Å². The maximum Gasteiger partial charge on any atom is 0.108 e. The molecule has 0 bridgehead atoms. The van der Waals surface area contributed by atoms with Crippen LogP contribution >= 0.6 is 0 Å². The number of hydrogen-bond donors (Lipinski definition) is 1. The zero-order valence-corrected chi connectivity index (χ0v) is 11.8. The van der Waals surface area contributed by atoms with Gasteiger partial charge in [-0.3, -0.25) is 0 Å². The molecule has 3 nitrogen and oxygen atoms in total. The molecule has 3 heteroatoms. The third-order valence-electron chi connectivity index (χ3n) is 3.02. The van der Waals surface area contributed by atoms with Gasteiger partial charge in [-0.25, -0.2) is 4.98 Å². The van der Waals surface area contributed by atoms with E-state index in [1.165, 1.54) is 5.56 Å². The maximum absolute atomic E-state index is 8.74. The van der Waals surface area contributed by atoms with Crippen LogP contribution in [0.3, 0.4) is 0 Å². The van der Waals surface area contributed by atoms with Crippen molar-refractivity contribution in [2.45, 2.75) is 32.7 Å². The van der Waals surface area contributed by atoms with Gasteiger partial charge in [-0.05, 0) is 24.1 Å². The number of nitrogens with zero attached hydrogens (tertiary/aromatic N) is 2. The van der Waals surface area contributed by atoms with Crippen molar-refractivity contribution in [3.63, 3.8) is 0 Å². The van der Waals surface area contributed by atoms with Gasteiger partial charge < -0.3 is 9.67 Å². The summed E-state index contributed by atoms with van der Waals surface area (Å²) in [6.45, 7) is 3.10. The lowest BCUT2D eigenvalue weighted by Gasteiger charge is -2.07. The van der Waals surface area contributed by atoms with Crippen LogP contribution in [0.2, 0.25) is 0 Å². The molecule has 0 spiro atoms. The van der Waals surface area contributed by atoms with Crippen LogP contribution in [0.25, 0.3) is 0 Å². The summed E-state index contributed by atoms with van der Waals surface area (Å²) in [5.74, 6) is 7.15. The molecule has 0 aliphatic carbocycles. The molecule has 104 valence electrons. The van der Waals surface area contributed by atoms with Crippen LogP contribution in [-0.2, 0) is 13.0 Å². The molecule has 1 aromatic carbocycles. The van der Waals surface area contributed by atoms with Gasteiger partial charge in [0.25, 0.3) is 0 Å². The van der Waals surface area contributed by atoms with E-state index >= 15 is 0 Å². The number of rotatable bonds is 5. The molecule has 2 rings (SSSR count). The second-order valence-corrected chi connectivity index (χ2v) is 4.70. The lowest BCUT2D eigenvalue weighted by molar-refractivity contribution is 0.305. The van der Waals surface area contributed by atoms with Crippen LogP contribution in [0, 0.1) is 11.8 Å². The number of imidazole rings is 1. The van der Waals surface area contributed by atoms with Crippen molar-refractivity contribution in [1.82, 2.24) is 9.55 Å². The second kappa shape index (κ2) is 7.52. The molecular formula is C17H20N2O. The highest BCUT2D eigenvalue weighted by molar-refractivity contribution is 5.37. The minimum Gasteiger partial charge on any atom is -0.395 e. The van der Waals surface area contributed by atoms with Crippen molar-refractivity contribution >= 4 is 0 Å². The average Bonchev–Trinajstić information content (AvgIpc) is 2.87. The summed E-state index contributed by atoms with van der Waals surface area (Å²) in [6, 6.07) is 8.22. The molecule has 0 atom stereocenters. The molecule has 0 aliphatic rings. The van der Waals surface area contributed by atoms with E-state index in [1.54, 1.807) is 0 Å². The molecule has 1 N–H and O–H groups in total. The fourth-order valence-electron chi connectivity index (χ4n) is 2.10. The number of aliphatic hydroxyl groups excluding tert-OH is 1. The topological polar surface area (TPSA) is 38.0 Å². The highest BCUT2D eigenvalue weighted by Crippen LogP contribution is 2.09. The highest BCUT2D eigenvalue weighted by atomic mass is 16.2. The first-order valence-corrected chi connectivity index (χ1v) is 7.02. The monoisotopic (exact) mass is 268 g/mol. The number of aromatic nitrogens is 2. The summed E-state index contributed by atoms with van der Waals surface area (Å²) in [7, 11) is 0. The fraction of sp³-hybridized carbons (Fsp3) is 0.353. The molecule has 0 saturated heterocycles. The van der Waals surface area contributed by atoms with E-state index in [-0.39, 0.29) is 6.61 Å². The number of benzene rings is 1. The molecule has 0 amide bonds. The van der Waals surface area contributed by atoms with Gasteiger partial charge in [-0.1, -0.05) is 30.9 Å². The van der Waals surface area contributed by atoms with Gasteiger partial charge in [0.15, 0.2) is 0 Å². The highest BCUT2D eigenvalue weighted by Gasteiger charge is 2.02. The summed E-state index contributed by atoms with van der Waals surface area (Å²) in [6.07, 6.45) is 6.50. The molecule has 0 unspecified atom stereocenters. The van der Waals surface area contributed by atoms with Gasteiger partial charge in [-0.15, -0.1) is 0 Å². The van der Waals surface area contributed by atoms with Crippen LogP contribution in [-0.4, -0.2) is 21.3 Å². The lowest BCUT2D eigenvalue weighted by Crippen LogP contribution is -2.04. The Bertz CT molecular complexity index is 605. The average molecular weight is 268 g/mol. The summed E-state index contributed by atoms with van der Waals surface area (Å²) >= 11 is 0. The molecule has 1 aromatic heterocycles. The summed E-state index contributed by atoms with van der Waals surface area (Å²) in [4.78, 5) is 4.39. The van der Waals surface area contributed by atoms with E-state index in [2.05, 4.69) is 40.4 Å². The Hall–Kier alpha value is -2.05. The molecule has 2 aromatic rings. The van der Waals surface area contributed by atoms with Gasteiger partial charge in [-0.2, -0.15) is 0 Å². The van der Waals surface area contributed by atoms with Gasteiger partial charge in [0.2, 0.25) is 0 Å². The predicted octanol–water partition coefficient (Wildman–Crippen LogP) is 2.62. The maximum atomic E-state index is 8.74. The molecule has 1 heterocycles. The van der Waals surface area contributed by atoms with Crippen LogP contribution in [0.1, 0.15) is 36.7 Å².